The highest BCUT2D eigenvalue weighted by Crippen LogP contribution is 2.56. The number of carbonyl (C=O) groups excluding carboxylic acids is 2. The van der Waals surface area contributed by atoms with E-state index in [0.29, 0.717) is 23.3 Å². The van der Waals surface area contributed by atoms with Crippen molar-refractivity contribution in [3.05, 3.63) is 58.9 Å². The maximum Gasteiger partial charge on any atom is 0.428 e. The summed E-state index contributed by atoms with van der Waals surface area (Å²) in [6.45, 7) is 6.94. The minimum Gasteiger partial charge on any atom is -0.492 e. The maximum absolute atomic E-state index is 14.3. The van der Waals surface area contributed by atoms with Crippen LogP contribution < -0.4 is 9.04 Å². The van der Waals surface area contributed by atoms with Gasteiger partial charge >= 0.3 is 12.1 Å². The van der Waals surface area contributed by atoms with Gasteiger partial charge < -0.3 is 19.1 Å². The van der Waals surface area contributed by atoms with Crippen molar-refractivity contribution in [2.24, 2.45) is 5.92 Å². The van der Waals surface area contributed by atoms with E-state index < -0.39 is 27.9 Å². The van der Waals surface area contributed by atoms with Crippen molar-refractivity contribution in [3.63, 3.8) is 0 Å². The molecule has 2 aromatic carbocycles. The molecular weight excluding hydrogens is 527 g/mol. The number of halogens is 1. The smallest absolute Gasteiger partial charge is 0.428 e. The first-order valence-electron chi connectivity index (χ1n) is 12.9. The van der Waals surface area contributed by atoms with Gasteiger partial charge in [-0.15, -0.1) is 0 Å². The van der Waals surface area contributed by atoms with E-state index in [9.17, 15) is 22.4 Å². The first kappa shape index (κ1) is 28.6. The first-order chi connectivity index (χ1) is 18.7. The number of benzene rings is 2. The zero-order chi connectivity index (χ0) is 28.3. The van der Waals surface area contributed by atoms with Gasteiger partial charge in [-0.2, -0.15) is 4.31 Å². The van der Waals surface area contributed by atoms with Crippen LogP contribution in [-0.2, 0) is 19.5 Å². The zero-order valence-electron chi connectivity index (χ0n) is 22.5. The normalized spacial score (nSPS) is 17.8. The second-order valence-electron chi connectivity index (χ2n) is 9.42. The summed E-state index contributed by atoms with van der Waals surface area (Å²) >= 11 is 0. The van der Waals surface area contributed by atoms with Gasteiger partial charge in [0.2, 0.25) is 0 Å². The van der Waals surface area contributed by atoms with E-state index in [1.165, 1.54) is 12.1 Å². The van der Waals surface area contributed by atoms with Crippen LogP contribution >= 0.6 is 0 Å². The first-order valence-corrected chi connectivity index (χ1v) is 14.3. The summed E-state index contributed by atoms with van der Waals surface area (Å²) in [6, 6.07) is 6.21. The number of methoxy groups -OCH3 is 2. The second-order valence-corrected chi connectivity index (χ2v) is 11.2. The molecule has 1 aliphatic carbocycles. The summed E-state index contributed by atoms with van der Waals surface area (Å²) in [5, 5.41) is 0. The number of rotatable bonds is 10. The van der Waals surface area contributed by atoms with Crippen LogP contribution in [0.3, 0.4) is 0 Å². The van der Waals surface area contributed by atoms with Crippen LogP contribution in [0.1, 0.15) is 54.1 Å². The Morgan fingerprint density at radius 2 is 1.87 bits per heavy atom. The molecule has 9 nitrogen and oxygen atoms in total. The molecule has 1 aliphatic heterocycles. The molecular formula is C28H33FN2O7S. The molecule has 210 valence electrons. The van der Waals surface area contributed by atoms with Crippen LogP contribution in [0.15, 0.2) is 41.3 Å². The molecule has 4 rings (SSSR count). The second kappa shape index (κ2) is 11.7. The minimum atomic E-state index is -4.70. The third-order valence-electron chi connectivity index (χ3n) is 7.17. The van der Waals surface area contributed by atoms with E-state index in [1.807, 2.05) is 13.8 Å². The topological polar surface area (TPSA) is 102 Å². The lowest BCUT2D eigenvalue weighted by molar-refractivity contribution is 0.0596. The number of fused-ring (bicyclic) bond motifs is 3. The van der Waals surface area contributed by atoms with Gasteiger partial charge in [0, 0.05) is 12.5 Å². The van der Waals surface area contributed by atoms with Crippen molar-refractivity contribution < 1.29 is 36.6 Å². The molecule has 11 heteroatoms. The molecule has 1 fully saturated rings. The monoisotopic (exact) mass is 560 g/mol. The Morgan fingerprint density at radius 1 is 1.13 bits per heavy atom. The third-order valence-corrected chi connectivity index (χ3v) is 8.93. The van der Waals surface area contributed by atoms with Gasteiger partial charge in [0.15, 0.2) is 0 Å². The number of hydrogen-bond acceptors (Lipinski definition) is 8. The molecule has 0 bridgehead atoms. The van der Waals surface area contributed by atoms with Crippen LogP contribution in [0.25, 0.3) is 6.08 Å². The molecule has 0 radical (unpaired) electrons. The highest BCUT2D eigenvalue weighted by Gasteiger charge is 2.47. The van der Waals surface area contributed by atoms with Gasteiger partial charge in [-0.1, -0.05) is 32.1 Å². The standard InChI is InChI=1S/C28H33FN2O7S/c1-5-30(6-2)14-8-7-9-18-15-20(29)10-13-24(18)39(34,35)31(28(33)37-4)23-12-11-21-22-16-19(22)17-38-26(21)25(23)27(32)36-3/h7,9-13,15,19,22H,5-6,8,14,16-17H2,1-4H3/b9-7-. The summed E-state index contributed by atoms with van der Waals surface area (Å²) in [7, 11) is -2.51. The number of esters is 1. The minimum absolute atomic E-state index is 0.0538. The molecule has 39 heavy (non-hydrogen) atoms. The molecule has 0 spiro atoms. The number of hydrogen-bond donors (Lipinski definition) is 0. The predicted octanol–water partition coefficient (Wildman–Crippen LogP) is 4.82. The van der Waals surface area contributed by atoms with E-state index in [-0.39, 0.29) is 33.4 Å². The van der Waals surface area contributed by atoms with Crippen LogP contribution in [-0.4, -0.2) is 65.8 Å². The Bertz CT molecular complexity index is 1390. The van der Waals surface area contributed by atoms with E-state index >= 15 is 0 Å². The highest BCUT2D eigenvalue weighted by molar-refractivity contribution is 7.93. The molecule has 1 heterocycles. The van der Waals surface area contributed by atoms with Crippen LogP contribution in [0.5, 0.6) is 5.75 Å². The fourth-order valence-electron chi connectivity index (χ4n) is 4.91. The average Bonchev–Trinajstić information content (AvgIpc) is 3.72. The lowest BCUT2D eigenvalue weighted by atomic mass is 10.00. The van der Waals surface area contributed by atoms with Gasteiger partial charge in [-0.05, 0) is 67.2 Å². The molecule has 0 aromatic heterocycles. The van der Waals surface area contributed by atoms with Crippen molar-refractivity contribution in [2.75, 3.05) is 44.8 Å². The summed E-state index contributed by atoms with van der Waals surface area (Å²) in [5.74, 6) is -0.777. The zero-order valence-corrected chi connectivity index (χ0v) is 23.3. The van der Waals surface area contributed by atoms with E-state index in [4.69, 9.17) is 14.2 Å². The van der Waals surface area contributed by atoms with E-state index in [2.05, 4.69) is 4.90 Å². The van der Waals surface area contributed by atoms with Crippen molar-refractivity contribution in [2.45, 2.75) is 37.5 Å². The number of carbonyl (C=O) groups is 2. The van der Waals surface area contributed by atoms with Crippen molar-refractivity contribution in [1.82, 2.24) is 4.90 Å². The fourth-order valence-corrected chi connectivity index (χ4v) is 6.45. The molecule has 0 saturated heterocycles. The largest absolute Gasteiger partial charge is 0.492 e. The van der Waals surface area contributed by atoms with Gasteiger partial charge in [-0.25, -0.2) is 22.4 Å². The van der Waals surface area contributed by atoms with Gasteiger partial charge in [-0.3, -0.25) is 0 Å². The number of amides is 1. The van der Waals surface area contributed by atoms with Crippen molar-refractivity contribution in [3.8, 4) is 5.75 Å². The highest BCUT2D eigenvalue weighted by atomic mass is 32.2. The Labute approximate surface area is 228 Å². The fraction of sp³-hybridized carbons (Fsp3) is 0.429. The third kappa shape index (κ3) is 5.65. The SMILES string of the molecule is CCN(CC)CC/C=C\c1cc(F)ccc1S(=O)(=O)N(C(=O)OC)c1ccc2c(c1C(=O)OC)OCC1CC21. The van der Waals surface area contributed by atoms with E-state index in [0.717, 1.165) is 64.0 Å². The van der Waals surface area contributed by atoms with Crippen LogP contribution in [0.4, 0.5) is 14.9 Å². The molecule has 2 unspecified atom stereocenters. The number of ether oxygens (including phenoxy) is 3. The van der Waals surface area contributed by atoms with Crippen molar-refractivity contribution in [1.29, 1.82) is 0 Å². The Hall–Kier alpha value is -3.44. The number of anilines is 1. The Kier molecular flexibility index (Phi) is 8.60. The molecule has 1 saturated carbocycles. The van der Waals surface area contributed by atoms with Crippen LogP contribution in [0.2, 0.25) is 0 Å². The average molecular weight is 561 g/mol. The molecule has 2 atom stereocenters. The van der Waals surface area contributed by atoms with Crippen LogP contribution in [0, 0.1) is 11.7 Å². The quantitative estimate of drug-likeness (QED) is 0.382. The maximum atomic E-state index is 14.3. The van der Waals surface area contributed by atoms with E-state index in [1.54, 1.807) is 12.1 Å². The lowest BCUT2D eigenvalue weighted by Crippen LogP contribution is -2.38. The summed E-state index contributed by atoms with van der Waals surface area (Å²) in [6.07, 6.45) is 3.52. The molecule has 2 aliphatic rings. The molecule has 1 amide bonds. The predicted molar refractivity (Wildman–Crippen MR) is 144 cm³/mol. The van der Waals surface area contributed by atoms with Gasteiger partial charge in [0.1, 0.15) is 17.1 Å². The Balaban J connectivity index is 1.81. The summed E-state index contributed by atoms with van der Waals surface area (Å²) < 4.78 is 58.5. The summed E-state index contributed by atoms with van der Waals surface area (Å²) in [5.41, 5.74) is 0.356. The Morgan fingerprint density at radius 3 is 2.54 bits per heavy atom. The lowest BCUT2D eigenvalue weighted by Gasteiger charge is -2.27. The van der Waals surface area contributed by atoms with Gasteiger partial charge in [0.25, 0.3) is 10.0 Å². The molecule has 0 N–H and O–H groups in total. The number of nitrogens with zero attached hydrogens (tertiary/aromatic N) is 2. The van der Waals surface area contributed by atoms with Crippen molar-refractivity contribution >= 4 is 33.8 Å². The number of sulfonamides is 1. The van der Waals surface area contributed by atoms with Gasteiger partial charge in [0.05, 0.1) is 31.4 Å². The molecule has 2 aromatic rings. The summed E-state index contributed by atoms with van der Waals surface area (Å²) in [4.78, 5) is 27.9.